The normalized spacial score (nSPS) is 18.1. The van der Waals surface area contributed by atoms with E-state index < -0.39 is 5.41 Å². The number of Topliss-reactive ketones (excluding diaryl/α,β-unsaturated/α-hetero) is 1. The van der Waals surface area contributed by atoms with Crippen LogP contribution in [-0.4, -0.2) is 18.0 Å². The summed E-state index contributed by atoms with van der Waals surface area (Å²) in [5.41, 5.74) is 1.80. The van der Waals surface area contributed by atoms with Crippen LogP contribution in [0.3, 0.4) is 0 Å². The number of methoxy groups -OCH3 is 1. The van der Waals surface area contributed by atoms with Gasteiger partial charge < -0.3 is 9.84 Å². The third kappa shape index (κ3) is 2.84. The van der Waals surface area contributed by atoms with Crippen molar-refractivity contribution < 1.29 is 14.6 Å². The Balaban J connectivity index is 2.75. The second-order valence-corrected chi connectivity index (χ2v) is 7.67. The van der Waals surface area contributed by atoms with Crippen LogP contribution in [0.1, 0.15) is 52.2 Å². The van der Waals surface area contributed by atoms with Crippen LogP contribution >= 0.6 is 0 Å². The van der Waals surface area contributed by atoms with Gasteiger partial charge in [-0.15, -0.1) is 0 Å². The number of nitriles is 1. The van der Waals surface area contributed by atoms with Gasteiger partial charge in [0, 0.05) is 5.41 Å². The SMILES string of the molecule is COc1cc2c(cc1O)C(=C(C#N)C(=O)C(C)(C)C)CC2(C)C. The van der Waals surface area contributed by atoms with Gasteiger partial charge in [0.15, 0.2) is 17.3 Å². The number of phenolic OH excluding ortho intramolecular Hbond substituents is 1. The fourth-order valence-electron chi connectivity index (χ4n) is 3.03. The largest absolute Gasteiger partial charge is 0.504 e. The van der Waals surface area contributed by atoms with Crippen LogP contribution < -0.4 is 4.74 Å². The van der Waals surface area contributed by atoms with Gasteiger partial charge >= 0.3 is 0 Å². The van der Waals surface area contributed by atoms with Gasteiger partial charge in [0.05, 0.1) is 12.7 Å². The average molecular weight is 313 g/mol. The van der Waals surface area contributed by atoms with Crippen LogP contribution in [-0.2, 0) is 10.2 Å². The van der Waals surface area contributed by atoms with Crippen LogP contribution in [0.5, 0.6) is 11.5 Å². The summed E-state index contributed by atoms with van der Waals surface area (Å²) in [6.45, 7) is 9.54. The minimum absolute atomic E-state index is 0.0157. The Kier molecular flexibility index (Phi) is 4.02. The number of nitrogens with zero attached hydrogens (tertiary/aromatic N) is 1. The number of hydrogen-bond donors (Lipinski definition) is 1. The fourth-order valence-corrected chi connectivity index (χ4v) is 3.03. The van der Waals surface area contributed by atoms with Crippen molar-refractivity contribution in [3.63, 3.8) is 0 Å². The van der Waals surface area contributed by atoms with Crippen molar-refractivity contribution in [2.24, 2.45) is 5.41 Å². The van der Waals surface area contributed by atoms with Gasteiger partial charge in [0.2, 0.25) is 0 Å². The molecular weight excluding hydrogens is 290 g/mol. The Morgan fingerprint density at radius 1 is 1.35 bits per heavy atom. The van der Waals surface area contributed by atoms with Crippen LogP contribution in [0.4, 0.5) is 0 Å². The standard InChI is InChI=1S/C19H23NO3/c1-18(2,3)17(22)13(10-20)12-9-19(4,5)14-8-16(23-6)15(21)7-11(12)14/h7-8,21H,9H2,1-6H3. The molecule has 1 aromatic carbocycles. The third-order valence-corrected chi connectivity index (χ3v) is 4.31. The van der Waals surface area contributed by atoms with Crippen LogP contribution in [0, 0.1) is 16.7 Å². The number of ketones is 1. The van der Waals surface area contributed by atoms with Crippen molar-refractivity contribution in [1.82, 2.24) is 0 Å². The molecule has 0 aliphatic heterocycles. The number of benzene rings is 1. The number of phenols is 1. The van der Waals surface area contributed by atoms with E-state index in [9.17, 15) is 15.2 Å². The second kappa shape index (κ2) is 5.42. The molecule has 122 valence electrons. The number of hydrogen-bond acceptors (Lipinski definition) is 4. The number of carbonyl (C=O) groups is 1. The summed E-state index contributed by atoms with van der Waals surface area (Å²) in [6, 6.07) is 5.50. The molecule has 0 spiro atoms. The van der Waals surface area contributed by atoms with Crippen molar-refractivity contribution >= 4 is 11.4 Å². The molecular formula is C19H23NO3. The number of ether oxygens (including phenoxy) is 1. The lowest BCUT2D eigenvalue weighted by Crippen LogP contribution is -2.22. The molecule has 0 saturated carbocycles. The number of carbonyl (C=O) groups excluding carboxylic acids is 1. The van der Waals surface area contributed by atoms with Gasteiger partial charge in [-0.3, -0.25) is 4.79 Å². The number of aromatic hydroxyl groups is 1. The lowest BCUT2D eigenvalue weighted by Gasteiger charge is -2.19. The minimum atomic E-state index is -0.626. The Morgan fingerprint density at radius 2 is 1.96 bits per heavy atom. The Morgan fingerprint density at radius 3 is 2.43 bits per heavy atom. The van der Waals surface area contributed by atoms with Crippen LogP contribution in [0.15, 0.2) is 17.7 Å². The average Bonchev–Trinajstić information content (AvgIpc) is 2.69. The number of rotatable bonds is 2. The summed E-state index contributed by atoms with van der Waals surface area (Å²) in [7, 11) is 1.50. The Bertz CT molecular complexity index is 743. The Labute approximate surface area is 137 Å². The third-order valence-electron chi connectivity index (χ3n) is 4.31. The van der Waals surface area contributed by atoms with Gasteiger partial charge in [0.25, 0.3) is 0 Å². The summed E-state index contributed by atoms with van der Waals surface area (Å²) < 4.78 is 5.19. The first-order chi connectivity index (χ1) is 10.5. The molecule has 1 aromatic rings. The van der Waals surface area contributed by atoms with Crippen molar-refractivity contribution in [3.8, 4) is 17.6 Å². The van der Waals surface area contributed by atoms with Gasteiger partial charge in [-0.1, -0.05) is 34.6 Å². The van der Waals surface area contributed by atoms with E-state index in [2.05, 4.69) is 19.9 Å². The molecule has 0 saturated heterocycles. The zero-order valence-electron chi connectivity index (χ0n) is 14.6. The maximum Gasteiger partial charge on any atom is 0.178 e. The quantitative estimate of drug-likeness (QED) is 0.662. The van der Waals surface area contributed by atoms with Crippen molar-refractivity contribution in [2.75, 3.05) is 7.11 Å². The zero-order valence-corrected chi connectivity index (χ0v) is 14.6. The molecule has 1 aliphatic carbocycles. The number of allylic oxidation sites excluding steroid dienone is 2. The van der Waals surface area contributed by atoms with Crippen molar-refractivity contribution in [3.05, 3.63) is 28.8 Å². The smallest absolute Gasteiger partial charge is 0.178 e. The molecule has 1 N–H and O–H groups in total. The fraction of sp³-hybridized carbons (Fsp3) is 0.474. The summed E-state index contributed by atoms with van der Waals surface area (Å²) in [6.07, 6.45) is 0.583. The highest BCUT2D eigenvalue weighted by Gasteiger charge is 2.38. The van der Waals surface area contributed by atoms with E-state index in [0.717, 1.165) is 11.1 Å². The monoisotopic (exact) mass is 313 g/mol. The van der Waals surface area contributed by atoms with Gasteiger partial charge in [-0.05, 0) is 40.7 Å². The molecule has 0 unspecified atom stereocenters. The summed E-state index contributed by atoms with van der Waals surface area (Å²) in [5.74, 6) is 0.245. The van der Waals surface area contributed by atoms with E-state index in [1.54, 1.807) is 32.9 Å². The van der Waals surface area contributed by atoms with Gasteiger partial charge in [0.1, 0.15) is 6.07 Å². The molecule has 2 rings (SSSR count). The maximum absolute atomic E-state index is 12.6. The van der Waals surface area contributed by atoms with E-state index in [1.807, 2.05) is 0 Å². The van der Waals surface area contributed by atoms with Crippen molar-refractivity contribution in [1.29, 1.82) is 5.26 Å². The lowest BCUT2D eigenvalue weighted by atomic mass is 9.83. The molecule has 0 bridgehead atoms. The molecule has 23 heavy (non-hydrogen) atoms. The molecule has 0 radical (unpaired) electrons. The van der Waals surface area contributed by atoms with E-state index in [-0.39, 0.29) is 22.5 Å². The highest BCUT2D eigenvalue weighted by Crippen LogP contribution is 2.50. The molecule has 4 nitrogen and oxygen atoms in total. The minimum Gasteiger partial charge on any atom is -0.504 e. The maximum atomic E-state index is 12.6. The van der Waals surface area contributed by atoms with E-state index in [0.29, 0.717) is 17.7 Å². The predicted molar refractivity (Wildman–Crippen MR) is 89.3 cm³/mol. The van der Waals surface area contributed by atoms with Crippen LogP contribution in [0.25, 0.3) is 5.57 Å². The van der Waals surface area contributed by atoms with E-state index >= 15 is 0 Å². The molecule has 1 aliphatic rings. The van der Waals surface area contributed by atoms with Gasteiger partial charge in [-0.25, -0.2) is 0 Å². The lowest BCUT2D eigenvalue weighted by molar-refractivity contribution is -0.122. The summed E-state index contributed by atoms with van der Waals surface area (Å²) in [4.78, 5) is 12.6. The second-order valence-electron chi connectivity index (χ2n) is 7.67. The molecule has 0 aromatic heterocycles. The molecule has 0 atom stereocenters. The Hall–Kier alpha value is -2.28. The summed E-state index contributed by atoms with van der Waals surface area (Å²) >= 11 is 0. The summed E-state index contributed by atoms with van der Waals surface area (Å²) in [5, 5.41) is 19.7. The van der Waals surface area contributed by atoms with Crippen molar-refractivity contribution in [2.45, 2.75) is 46.5 Å². The highest BCUT2D eigenvalue weighted by molar-refractivity contribution is 6.09. The highest BCUT2D eigenvalue weighted by atomic mass is 16.5. The van der Waals surface area contributed by atoms with Gasteiger partial charge in [-0.2, -0.15) is 5.26 Å². The molecule has 0 heterocycles. The predicted octanol–water partition coefficient (Wildman–Crippen LogP) is 3.97. The molecule has 4 heteroatoms. The van der Waals surface area contributed by atoms with E-state index in [4.69, 9.17) is 4.74 Å². The first kappa shape index (κ1) is 17.1. The first-order valence-electron chi connectivity index (χ1n) is 7.63. The molecule has 0 fully saturated rings. The zero-order chi connectivity index (χ0) is 17.6. The molecule has 0 amide bonds. The van der Waals surface area contributed by atoms with E-state index in [1.165, 1.54) is 7.11 Å². The van der Waals surface area contributed by atoms with Crippen LogP contribution in [0.2, 0.25) is 0 Å². The first-order valence-corrected chi connectivity index (χ1v) is 7.63. The number of fused-ring (bicyclic) bond motifs is 1. The topological polar surface area (TPSA) is 70.3 Å².